The van der Waals surface area contributed by atoms with Crippen molar-refractivity contribution in [2.24, 2.45) is 5.92 Å². The van der Waals surface area contributed by atoms with Crippen molar-refractivity contribution in [3.63, 3.8) is 0 Å². The Labute approximate surface area is 146 Å². The molecule has 0 aliphatic rings. The van der Waals surface area contributed by atoms with Crippen LogP contribution in [0.25, 0.3) is 5.57 Å². The fourth-order valence-electron chi connectivity index (χ4n) is 2.85. The summed E-state index contributed by atoms with van der Waals surface area (Å²) in [7, 11) is 0. The highest BCUT2D eigenvalue weighted by atomic mass is 16.1. The smallest absolute Gasteiger partial charge is 0.132 e. The van der Waals surface area contributed by atoms with E-state index in [1.807, 2.05) is 12.1 Å². The molecule has 2 aromatic carbocycles. The molecule has 0 fully saturated rings. The molecule has 1 heteroatoms. The van der Waals surface area contributed by atoms with Gasteiger partial charge in [0.1, 0.15) is 5.78 Å². The molecule has 0 bridgehead atoms. The largest absolute Gasteiger partial charge is 0.300 e. The third-order valence-corrected chi connectivity index (χ3v) is 4.31. The van der Waals surface area contributed by atoms with Crippen LogP contribution in [0.3, 0.4) is 0 Å². The summed E-state index contributed by atoms with van der Waals surface area (Å²) in [5, 5.41) is 0. The van der Waals surface area contributed by atoms with Gasteiger partial charge >= 0.3 is 0 Å². The molecule has 2 rings (SSSR count). The van der Waals surface area contributed by atoms with Crippen molar-refractivity contribution in [1.82, 2.24) is 0 Å². The number of hydrogen-bond donors (Lipinski definition) is 0. The van der Waals surface area contributed by atoms with Gasteiger partial charge in [0.25, 0.3) is 0 Å². The lowest BCUT2D eigenvalue weighted by Crippen LogP contribution is -2.02. The Morgan fingerprint density at radius 1 is 0.917 bits per heavy atom. The van der Waals surface area contributed by atoms with Gasteiger partial charge in [0, 0.05) is 12.8 Å². The Morgan fingerprint density at radius 2 is 1.46 bits per heavy atom. The summed E-state index contributed by atoms with van der Waals surface area (Å²) in [5.74, 6) is 0.782. The average molecular weight is 320 g/mol. The topological polar surface area (TPSA) is 17.1 Å². The average Bonchev–Trinajstić information content (AvgIpc) is 2.64. The number of carbonyl (C=O) groups is 1. The zero-order valence-corrected chi connectivity index (χ0v) is 14.9. The molecule has 0 saturated carbocycles. The standard InChI is InChI=1S/C23H28O/c1-3-4-15-22(24)17-16-19(2)18-23(20-11-7-5-8-12-20)21-13-9-6-10-14-21/h5-14,18-19H,3-4,15-17H2,1-2H3/t19-/m0/s1. The highest BCUT2D eigenvalue weighted by molar-refractivity contribution is 5.80. The summed E-state index contributed by atoms with van der Waals surface area (Å²) in [4.78, 5) is 11.9. The van der Waals surface area contributed by atoms with Gasteiger partial charge in [0.2, 0.25) is 0 Å². The van der Waals surface area contributed by atoms with Gasteiger partial charge in [-0.1, -0.05) is 87.0 Å². The zero-order valence-electron chi connectivity index (χ0n) is 14.9. The van der Waals surface area contributed by atoms with Crippen molar-refractivity contribution in [3.05, 3.63) is 77.9 Å². The monoisotopic (exact) mass is 320 g/mol. The van der Waals surface area contributed by atoms with Crippen molar-refractivity contribution < 1.29 is 4.79 Å². The fourth-order valence-corrected chi connectivity index (χ4v) is 2.85. The summed E-state index contributed by atoms with van der Waals surface area (Å²) in [5.41, 5.74) is 3.71. The lowest BCUT2D eigenvalue weighted by molar-refractivity contribution is -0.119. The van der Waals surface area contributed by atoms with E-state index in [0.717, 1.165) is 25.7 Å². The number of unbranched alkanes of at least 4 members (excludes halogenated alkanes) is 1. The maximum Gasteiger partial charge on any atom is 0.132 e. The Balaban J connectivity index is 2.12. The number of benzene rings is 2. The minimum Gasteiger partial charge on any atom is -0.300 e. The van der Waals surface area contributed by atoms with E-state index < -0.39 is 0 Å². The van der Waals surface area contributed by atoms with Crippen LogP contribution >= 0.6 is 0 Å². The Bertz CT molecular complexity index is 599. The fraction of sp³-hybridized carbons (Fsp3) is 0.348. The van der Waals surface area contributed by atoms with E-state index in [1.54, 1.807) is 0 Å². The number of hydrogen-bond acceptors (Lipinski definition) is 1. The van der Waals surface area contributed by atoms with E-state index >= 15 is 0 Å². The molecule has 0 aromatic heterocycles. The molecule has 0 radical (unpaired) electrons. The third-order valence-electron chi connectivity index (χ3n) is 4.31. The van der Waals surface area contributed by atoms with Gasteiger partial charge in [0.05, 0.1) is 0 Å². The van der Waals surface area contributed by atoms with E-state index in [0.29, 0.717) is 18.1 Å². The van der Waals surface area contributed by atoms with Gasteiger partial charge in [-0.25, -0.2) is 0 Å². The zero-order chi connectivity index (χ0) is 17.2. The van der Waals surface area contributed by atoms with Crippen molar-refractivity contribution in [3.8, 4) is 0 Å². The molecular weight excluding hydrogens is 292 g/mol. The molecule has 1 atom stereocenters. The molecule has 0 aliphatic carbocycles. The molecule has 126 valence electrons. The number of allylic oxidation sites excluding steroid dienone is 1. The second-order valence-electron chi connectivity index (χ2n) is 6.47. The van der Waals surface area contributed by atoms with Gasteiger partial charge < -0.3 is 0 Å². The Kier molecular flexibility index (Phi) is 7.48. The normalized spacial score (nSPS) is 11.8. The van der Waals surface area contributed by atoms with Crippen molar-refractivity contribution >= 4 is 11.4 Å². The van der Waals surface area contributed by atoms with E-state index in [9.17, 15) is 4.79 Å². The van der Waals surface area contributed by atoms with Crippen LogP contribution in [-0.2, 0) is 4.79 Å². The first-order valence-electron chi connectivity index (χ1n) is 9.05. The molecule has 2 aromatic rings. The predicted molar refractivity (Wildman–Crippen MR) is 103 cm³/mol. The highest BCUT2D eigenvalue weighted by Crippen LogP contribution is 2.26. The Morgan fingerprint density at radius 3 is 1.96 bits per heavy atom. The molecule has 24 heavy (non-hydrogen) atoms. The molecule has 0 spiro atoms. The van der Waals surface area contributed by atoms with Gasteiger partial charge in [-0.15, -0.1) is 0 Å². The second-order valence-corrected chi connectivity index (χ2v) is 6.47. The van der Waals surface area contributed by atoms with Gasteiger partial charge in [0.15, 0.2) is 0 Å². The molecule has 0 unspecified atom stereocenters. The van der Waals surface area contributed by atoms with Crippen LogP contribution in [0, 0.1) is 5.92 Å². The third kappa shape index (κ3) is 5.81. The molecule has 1 nitrogen and oxygen atoms in total. The van der Waals surface area contributed by atoms with Crippen molar-refractivity contribution in [2.75, 3.05) is 0 Å². The summed E-state index contributed by atoms with van der Waals surface area (Å²) >= 11 is 0. The van der Waals surface area contributed by atoms with Crippen LogP contribution in [0.4, 0.5) is 0 Å². The van der Waals surface area contributed by atoms with Gasteiger partial charge in [-0.3, -0.25) is 4.79 Å². The first-order chi connectivity index (χ1) is 11.7. The van der Waals surface area contributed by atoms with Crippen molar-refractivity contribution in [2.45, 2.75) is 46.0 Å². The summed E-state index contributed by atoms with van der Waals surface area (Å²) in [6.07, 6.45) is 6.77. The minimum atomic E-state index is 0.381. The molecule has 0 heterocycles. The lowest BCUT2D eigenvalue weighted by atomic mass is 9.92. The molecule has 0 amide bonds. The predicted octanol–water partition coefficient (Wildman–Crippen LogP) is 6.29. The first kappa shape index (κ1) is 18.2. The number of rotatable bonds is 9. The van der Waals surface area contributed by atoms with Crippen LogP contribution in [0.5, 0.6) is 0 Å². The second kappa shape index (κ2) is 9.87. The molecule has 0 N–H and O–H groups in total. The van der Waals surface area contributed by atoms with E-state index in [1.165, 1.54) is 16.7 Å². The van der Waals surface area contributed by atoms with E-state index in [4.69, 9.17) is 0 Å². The van der Waals surface area contributed by atoms with Crippen LogP contribution in [-0.4, -0.2) is 5.78 Å². The highest BCUT2D eigenvalue weighted by Gasteiger charge is 2.09. The summed E-state index contributed by atoms with van der Waals surface area (Å²) < 4.78 is 0. The SMILES string of the molecule is CCCCC(=O)CC[C@H](C)C=C(c1ccccc1)c1ccccc1. The van der Waals surface area contributed by atoms with Crippen LogP contribution < -0.4 is 0 Å². The van der Waals surface area contributed by atoms with Gasteiger partial charge in [-0.05, 0) is 35.5 Å². The molecule has 0 aliphatic heterocycles. The molecular formula is C23H28O. The van der Waals surface area contributed by atoms with E-state index in [-0.39, 0.29) is 0 Å². The Hall–Kier alpha value is -2.15. The number of ketones is 1. The van der Waals surface area contributed by atoms with E-state index in [2.05, 4.69) is 68.5 Å². The summed E-state index contributed by atoms with van der Waals surface area (Å²) in [6, 6.07) is 21.0. The first-order valence-corrected chi connectivity index (χ1v) is 9.05. The van der Waals surface area contributed by atoms with Crippen LogP contribution in [0.2, 0.25) is 0 Å². The maximum atomic E-state index is 11.9. The molecule has 0 saturated heterocycles. The minimum absolute atomic E-state index is 0.381. The lowest BCUT2D eigenvalue weighted by Gasteiger charge is -2.13. The van der Waals surface area contributed by atoms with Crippen molar-refractivity contribution in [1.29, 1.82) is 0 Å². The van der Waals surface area contributed by atoms with Crippen LogP contribution in [0.1, 0.15) is 57.1 Å². The number of carbonyl (C=O) groups excluding carboxylic acids is 1. The van der Waals surface area contributed by atoms with Gasteiger partial charge in [-0.2, -0.15) is 0 Å². The van der Waals surface area contributed by atoms with Crippen LogP contribution in [0.15, 0.2) is 66.7 Å². The number of Topliss-reactive ketones (excluding diaryl/α,β-unsaturated/α-hetero) is 1. The quantitative estimate of drug-likeness (QED) is 0.530. The summed E-state index contributed by atoms with van der Waals surface area (Å²) in [6.45, 7) is 4.34. The maximum absolute atomic E-state index is 11.9.